The highest BCUT2D eigenvalue weighted by Crippen LogP contribution is 2.33. The summed E-state index contributed by atoms with van der Waals surface area (Å²) in [5.41, 5.74) is 6.71. The second-order valence-electron chi connectivity index (χ2n) is 5.77. The van der Waals surface area contributed by atoms with Gasteiger partial charge in [-0.3, -0.25) is 4.79 Å². The maximum absolute atomic E-state index is 14.8. The zero-order valence-corrected chi connectivity index (χ0v) is 13.0. The van der Waals surface area contributed by atoms with Gasteiger partial charge in [-0.2, -0.15) is 0 Å². The molecule has 24 heavy (non-hydrogen) atoms. The molecule has 0 unspecified atom stereocenters. The van der Waals surface area contributed by atoms with Gasteiger partial charge < -0.3 is 15.8 Å². The number of benzene rings is 2. The smallest absolute Gasteiger partial charge is 0.227 e. The van der Waals surface area contributed by atoms with Crippen LogP contribution in [0.15, 0.2) is 36.4 Å². The second kappa shape index (κ2) is 6.97. The molecule has 3 rings (SSSR count). The fourth-order valence-electron chi connectivity index (χ4n) is 2.76. The topological polar surface area (TPSA) is 64.3 Å². The maximum Gasteiger partial charge on any atom is 0.227 e. The molecule has 0 bridgehead atoms. The number of anilines is 2. The Bertz CT molecular complexity index is 741. The first-order chi connectivity index (χ1) is 11.6. The van der Waals surface area contributed by atoms with E-state index in [0.29, 0.717) is 31.6 Å². The predicted molar refractivity (Wildman–Crippen MR) is 88.4 cm³/mol. The number of hydrogen-bond acceptors (Lipinski definition) is 3. The van der Waals surface area contributed by atoms with Gasteiger partial charge in [0.25, 0.3) is 0 Å². The van der Waals surface area contributed by atoms with Gasteiger partial charge >= 0.3 is 0 Å². The van der Waals surface area contributed by atoms with Crippen molar-refractivity contribution >= 4 is 17.3 Å². The van der Waals surface area contributed by atoms with Crippen LogP contribution in [0.4, 0.5) is 20.2 Å². The Balaban J connectivity index is 1.88. The van der Waals surface area contributed by atoms with Gasteiger partial charge in [0.15, 0.2) is 5.82 Å². The van der Waals surface area contributed by atoms with Crippen molar-refractivity contribution in [1.82, 2.24) is 0 Å². The lowest BCUT2D eigenvalue weighted by Gasteiger charge is -2.22. The Morgan fingerprint density at radius 1 is 1.08 bits per heavy atom. The van der Waals surface area contributed by atoms with Crippen molar-refractivity contribution in [2.45, 2.75) is 12.8 Å². The molecule has 1 heterocycles. The Kier molecular flexibility index (Phi) is 4.76. The van der Waals surface area contributed by atoms with Crippen molar-refractivity contribution in [1.29, 1.82) is 0 Å². The average molecular weight is 332 g/mol. The van der Waals surface area contributed by atoms with Crippen LogP contribution >= 0.6 is 0 Å². The van der Waals surface area contributed by atoms with Crippen molar-refractivity contribution in [3.63, 3.8) is 0 Å². The minimum Gasteiger partial charge on any atom is -0.397 e. The lowest BCUT2D eigenvalue weighted by molar-refractivity contribution is -0.122. The summed E-state index contributed by atoms with van der Waals surface area (Å²) in [7, 11) is 0. The summed E-state index contributed by atoms with van der Waals surface area (Å²) in [6.45, 7) is 1.04. The first kappa shape index (κ1) is 16.4. The molecule has 1 amide bonds. The molecule has 1 aliphatic heterocycles. The van der Waals surface area contributed by atoms with E-state index in [0.717, 1.165) is 0 Å². The van der Waals surface area contributed by atoms with Gasteiger partial charge in [0, 0.05) is 24.7 Å². The number of hydrogen-bond donors (Lipinski definition) is 2. The Labute approximate surface area is 138 Å². The Morgan fingerprint density at radius 2 is 1.75 bits per heavy atom. The average Bonchev–Trinajstić information content (AvgIpc) is 2.60. The van der Waals surface area contributed by atoms with Crippen LogP contribution in [0.1, 0.15) is 12.8 Å². The van der Waals surface area contributed by atoms with Crippen LogP contribution in [0.3, 0.4) is 0 Å². The van der Waals surface area contributed by atoms with E-state index in [1.165, 1.54) is 36.4 Å². The molecule has 0 spiro atoms. The van der Waals surface area contributed by atoms with Crippen molar-refractivity contribution in [2.75, 3.05) is 24.3 Å². The molecule has 0 aromatic heterocycles. The molecule has 1 fully saturated rings. The number of ether oxygens (including phenoxy) is 1. The molecule has 0 aliphatic carbocycles. The number of nitrogen functional groups attached to an aromatic ring is 1. The highest BCUT2D eigenvalue weighted by molar-refractivity contribution is 5.96. The third kappa shape index (κ3) is 3.38. The van der Waals surface area contributed by atoms with Crippen LogP contribution in [-0.2, 0) is 9.53 Å². The highest BCUT2D eigenvalue weighted by Gasteiger charge is 2.24. The van der Waals surface area contributed by atoms with E-state index in [9.17, 15) is 13.6 Å². The van der Waals surface area contributed by atoms with E-state index in [4.69, 9.17) is 10.5 Å². The number of nitrogens with one attached hydrogen (secondary N) is 1. The summed E-state index contributed by atoms with van der Waals surface area (Å²) in [6.07, 6.45) is 1.20. The highest BCUT2D eigenvalue weighted by atomic mass is 19.1. The third-order valence-electron chi connectivity index (χ3n) is 4.17. The number of carbonyl (C=O) groups excluding carboxylic acids is 1. The summed E-state index contributed by atoms with van der Waals surface area (Å²) in [5.74, 6) is -1.50. The van der Waals surface area contributed by atoms with Gasteiger partial charge in [-0.1, -0.05) is 12.1 Å². The fourth-order valence-corrected chi connectivity index (χ4v) is 2.76. The molecule has 2 aromatic carbocycles. The lowest BCUT2D eigenvalue weighted by atomic mass is 9.98. The van der Waals surface area contributed by atoms with E-state index < -0.39 is 11.6 Å². The van der Waals surface area contributed by atoms with E-state index in [-0.39, 0.29) is 28.8 Å². The number of amides is 1. The van der Waals surface area contributed by atoms with Gasteiger partial charge in [-0.25, -0.2) is 8.78 Å². The number of carbonyl (C=O) groups is 1. The largest absolute Gasteiger partial charge is 0.397 e. The molecule has 0 radical (unpaired) electrons. The summed E-state index contributed by atoms with van der Waals surface area (Å²) < 4.78 is 33.1. The summed E-state index contributed by atoms with van der Waals surface area (Å²) in [4.78, 5) is 12.3. The number of rotatable bonds is 3. The quantitative estimate of drug-likeness (QED) is 0.845. The zero-order chi connectivity index (χ0) is 17.1. The molecule has 0 saturated carbocycles. The van der Waals surface area contributed by atoms with Crippen molar-refractivity contribution in [2.24, 2.45) is 5.92 Å². The summed E-state index contributed by atoms with van der Waals surface area (Å²) in [6, 6.07) is 8.52. The van der Waals surface area contributed by atoms with Crippen LogP contribution in [0.2, 0.25) is 0 Å². The van der Waals surface area contributed by atoms with Crippen LogP contribution < -0.4 is 11.1 Å². The van der Waals surface area contributed by atoms with Gasteiger partial charge in [0.1, 0.15) is 11.5 Å². The van der Waals surface area contributed by atoms with E-state index >= 15 is 0 Å². The molecule has 6 heteroatoms. The van der Waals surface area contributed by atoms with Gasteiger partial charge in [-0.05, 0) is 42.7 Å². The minimum atomic E-state index is -0.623. The molecule has 2 aromatic rings. The summed E-state index contributed by atoms with van der Waals surface area (Å²) in [5, 5.41) is 2.60. The SMILES string of the molecule is Nc1ccc(-c2ccc(F)cc2)c(F)c1NC(=O)C1CCOCC1. The number of nitrogens with two attached hydrogens (primary N) is 1. The van der Waals surface area contributed by atoms with Crippen LogP contribution in [0.25, 0.3) is 11.1 Å². The monoisotopic (exact) mass is 332 g/mol. The molecule has 3 N–H and O–H groups in total. The minimum absolute atomic E-state index is 0.0340. The predicted octanol–water partition coefficient (Wildman–Crippen LogP) is 3.58. The molecule has 1 saturated heterocycles. The van der Waals surface area contributed by atoms with Crippen LogP contribution in [0.5, 0.6) is 0 Å². The Morgan fingerprint density at radius 3 is 2.42 bits per heavy atom. The van der Waals surface area contributed by atoms with Crippen LogP contribution in [0, 0.1) is 17.6 Å². The molecular weight excluding hydrogens is 314 g/mol. The number of halogens is 2. The maximum atomic E-state index is 14.8. The first-order valence-electron chi connectivity index (χ1n) is 7.79. The van der Waals surface area contributed by atoms with E-state index in [1.54, 1.807) is 0 Å². The molecule has 1 aliphatic rings. The second-order valence-corrected chi connectivity index (χ2v) is 5.77. The third-order valence-corrected chi connectivity index (χ3v) is 4.17. The van der Waals surface area contributed by atoms with Gasteiger partial charge in [0.05, 0.1) is 5.69 Å². The lowest BCUT2D eigenvalue weighted by Crippen LogP contribution is -2.29. The standard InChI is InChI=1S/C18H18F2N2O2/c19-13-3-1-11(2-4-13)14-5-6-15(21)17(16(14)20)22-18(23)12-7-9-24-10-8-12/h1-6,12H,7-10,21H2,(H,22,23). The van der Waals surface area contributed by atoms with Gasteiger partial charge in [-0.15, -0.1) is 0 Å². The molecular formula is C18H18F2N2O2. The fraction of sp³-hybridized carbons (Fsp3) is 0.278. The first-order valence-corrected chi connectivity index (χ1v) is 7.79. The zero-order valence-electron chi connectivity index (χ0n) is 13.0. The van der Waals surface area contributed by atoms with Crippen molar-refractivity contribution in [3.05, 3.63) is 48.0 Å². The normalized spacial score (nSPS) is 15.2. The summed E-state index contributed by atoms with van der Waals surface area (Å²) >= 11 is 0. The Hall–Kier alpha value is -2.47. The van der Waals surface area contributed by atoms with E-state index in [1.807, 2.05) is 0 Å². The molecule has 126 valence electrons. The van der Waals surface area contributed by atoms with Crippen LogP contribution in [-0.4, -0.2) is 19.1 Å². The van der Waals surface area contributed by atoms with E-state index in [2.05, 4.69) is 5.32 Å². The molecule has 4 nitrogen and oxygen atoms in total. The van der Waals surface area contributed by atoms with Gasteiger partial charge in [0.2, 0.25) is 5.91 Å². The van der Waals surface area contributed by atoms with Crippen molar-refractivity contribution < 1.29 is 18.3 Å². The van der Waals surface area contributed by atoms with Crippen molar-refractivity contribution in [3.8, 4) is 11.1 Å². The molecule has 0 atom stereocenters.